The van der Waals surface area contributed by atoms with Crippen LogP contribution in [0.25, 0.3) is 0 Å². The van der Waals surface area contributed by atoms with Crippen molar-refractivity contribution < 1.29 is 28.9 Å². The van der Waals surface area contributed by atoms with Gasteiger partial charge in [-0.25, -0.2) is 9.59 Å². The lowest BCUT2D eigenvalue weighted by Gasteiger charge is -2.06. The quantitative estimate of drug-likeness (QED) is 0.762. The van der Waals surface area contributed by atoms with Crippen molar-refractivity contribution in [2.45, 2.75) is 44.8 Å². The Kier molecular flexibility index (Phi) is 6.67. The monoisotopic (exact) mass is 260 g/mol. The predicted molar refractivity (Wildman–Crippen MR) is 62.2 cm³/mol. The summed E-state index contributed by atoms with van der Waals surface area (Å²) in [4.78, 5) is 21.0. The van der Waals surface area contributed by atoms with Gasteiger partial charge >= 0.3 is 11.9 Å². The van der Waals surface area contributed by atoms with E-state index in [1.807, 2.05) is 0 Å². The number of aliphatic carboxylic acids is 1. The second-order valence-corrected chi connectivity index (χ2v) is 4.09. The molecule has 6 nitrogen and oxygen atoms in total. The van der Waals surface area contributed by atoms with Gasteiger partial charge in [0.15, 0.2) is 12.2 Å². The first-order valence-electron chi connectivity index (χ1n) is 6.27. The van der Waals surface area contributed by atoms with Crippen LogP contribution >= 0.6 is 0 Å². The summed E-state index contributed by atoms with van der Waals surface area (Å²) >= 11 is 0. The van der Waals surface area contributed by atoms with Crippen molar-refractivity contribution in [2.75, 3.05) is 19.8 Å². The molecule has 2 fully saturated rings. The van der Waals surface area contributed by atoms with Crippen LogP contribution in [-0.4, -0.2) is 49.1 Å². The molecule has 0 aliphatic carbocycles. The summed E-state index contributed by atoms with van der Waals surface area (Å²) in [5.41, 5.74) is 0. The number of carbonyl (C=O) groups excluding carboxylic acids is 1. The Morgan fingerprint density at radius 1 is 1.17 bits per heavy atom. The molecule has 1 N–H and O–H groups in total. The van der Waals surface area contributed by atoms with Gasteiger partial charge < -0.3 is 19.3 Å². The molecule has 0 aromatic rings. The molecule has 0 spiro atoms. The minimum atomic E-state index is -0.831. The van der Waals surface area contributed by atoms with Crippen LogP contribution in [0.5, 0.6) is 0 Å². The van der Waals surface area contributed by atoms with Crippen LogP contribution in [-0.2, 0) is 23.8 Å². The van der Waals surface area contributed by atoms with Crippen LogP contribution in [0.2, 0.25) is 0 Å². The molecule has 6 heteroatoms. The Balaban J connectivity index is 0.000000184. The van der Waals surface area contributed by atoms with Crippen molar-refractivity contribution in [3.8, 4) is 0 Å². The first-order valence-corrected chi connectivity index (χ1v) is 6.27. The molecule has 2 saturated heterocycles. The van der Waals surface area contributed by atoms with Crippen LogP contribution in [0, 0.1) is 0 Å². The molecule has 0 aromatic carbocycles. The topological polar surface area (TPSA) is 82.1 Å². The molecular weight excluding hydrogens is 240 g/mol. The van der Waals surface area contributed by atoms with Gasteiger partial charge in [0.05, 0.1) is 6.61 Å². The third kappa shape index (κ3) is 5.01. The molecular formula is C12H20O6. The lowest BCUT2D eigenvalue weighted by Crippen LogP contribution is -2.21. The Bertz CT molecular complexity index is 266. The SMILES string of the molecule is CCOC(=O)C1CCCO1.O=C(O)C1CCCO1. The van der Waals surface area contributed by atoms with Crippen LogP contribution in [0.3, 0.4) is 0 Å². The third-order valence-electron chi connectivity index (χ3n) is 2.68. The smallest absolute Gasteiger partial charge is 0.335 e. The molecule has 0 aromatic heterocycles. The third-order valence-corrected chi connectivity index (χ3v) is 2.68. The van der Waals surface area contributed by atoms with Gasteiger partial charge in [-0.3, -0.25) is 0 Å². The molecule has 0 saturated carbocycles. The summed E-state index contributed by atoms with van der Waals surface area (Å²) in [6, 6.07) is 0. The highest BCUT2D eigenvalue weighted by Crippen LogP contribution is 2.13. The zero-order valence-electron chi connectivity index (χ0n) is 10.6. The fourth-order valence-electron chi connectivity index (χ4n) is 1.77. The van der Waals surface area contributed by atoms with Crippen molar-refractivity contribution in [3.05, 3.63) is 0 Å². The summed E-state index contributed by atoms with van der Waals surface area (Å²) in [5, 5.41) is 8.29. The number of hydrogen-bond donors (Lipinski definition) is 1. The number of carboxylic acids is 1. The summed E-state index contributed by atoms with van der Waals surface area (Å²) in [6.45, 7) is 3.55. The van der Waals surface area contributed by atoms with Gasteiger partial charge in [0.2, 0.25) is 0 Å². The van der Waals surface area contributed by atoms with Crippen LogP contribution in [0.1, 0.15) is 32.6 Å². The van der Waals surface area contributed by atoms with Gasteiger partial charge in [-0.15, -0.1) is 0 Å². The molecule has 0 radical (unpaired) electrons. The Hall–Kier alpha value is -1.14. The summed E-state index contributed by atoms with van der Waals surface area (Å²) in [5.74, 6) is -1.04. The van der Waals surface area contributed by atoms with E-state index in [-0.39, 0.29) is 12.1 Å². The van der Waals surface area contributed by atoms with Gasteiger partial charge in [0.25, 0.3) is 0 Å². The first kappa shape index (κ1) is 14.9. The Labute approximate surface area is 106 Å². The highest BCUT2D eigenvalue weighted by atomic mass is 16.6. The number of carboxylic acid groups (broad SMARTS) is 1. The van der Waals surface area contributed by atoms with Gasteiger partial charge in [-0.2, -0.15) is 0 Å². The lowest BCUT2D eigenvalue weighted by molar-refractivity contribution is -0.153. The second kappa shape index (κ2) is 8.05. The minimum Gasteiger partial charge on any atom is -0.479 e. The maximum atomic E-state index is 10.9. The average Bonchev–Trinajstić information content (AvgIpc) is 3.04. The van der Waals surface area contributed by atoms with E-state index in [0.717, 1.165) is 19.3 Å². The number of ether oxygens (including phenoxy) is 3. The average molecular weight is 260 g/mol. The van der Waals surface area contributed by atoms with Crippen molar-refractivity contribution in [3.63, 3.8) is 0 Å². The molecule has 18 heavy (non-hydrogen) atoms. The molecule has 2 unspecified atom stereocenters. The van der Waals surface area contributed by atoms with E-state index in [1.54, 1.807) is 6.92 Å². The van der Waals surface area contributed by atoms with Gasteiger partial charge in [0.1, 0.15) is 0 Å². The van der Waals surface area contributed by atoms with Gasteiger partial charge in [0, 0.05) is 13.2 Å². The molecule has 104 valence electrons. The standard InChI is InChI=1S/C7H12O3.C5H8O3/c1-2-9-7(8)6-4-3-5-10-6;6-5(7)4-2-1-3-8-4/h6H,2-5H2,1H3;4H,1-3H2,(H,6,7). The maximum absolute atomic E-state index is 10.9. The largest absolute Gasteiger partial charge is 0.479 e. The van der Waals surface area contributed by atoms with Crippen molar-refractivity contribution in [1.82, 2.24) is 0 Å². The molecule has 0 bridgehead atoms. The summed E-state index contributed by atoms with van der Waals surface area (Å²) < 4.78 is 14.7. The van der Waals surface area contributed by atoms with Crippen molar-refractivity contribution >= 4 is 11.9 Å². The molecule has 2 atom stereocenters. The fraction of sp³-hybridized carbons (Fsp3) is 0.833. The Morgan fingerprint density at radius 2 is 1.72 bits per heavy atom. The van der Waals surface area contributed by atoms with Crippen molar-refractivity contribution in [2.24, 2.45) is 0 Å². The van der Waals surface area contributed by atoms with E-state index < -0.39 is 12.1 Å². The second-order valence-electron chi connectivity index (χ2n) is 4.09. The Morgan fingerprint density at radius 3 is 2.06 bits per heavy atom. The fourth-order valence-corrected chi connectivity index (χ4v) is 1.77. The van der Waals surface area contributed by atoms with Crippen LogP contribution in [0.15, 0.2) is 0 Å². The number of rotatable bonds is 3. The molecule has 2 aliphatic rings. The predicted octanol–water partition coefficient (Wildman–Crippen LogP) is 0.978. The van der Waals surface area contributed by atoms with Crippen molar-refractivity contribution in [1.29, 1.82) is 0 Å². The van der Waals surface area contributed by atoms with E-state index in [0.29, 0.717) is 26.2 Å². The van der Waals surface area contributed by atoms with Crippen LogP contribution < -0.4 is 0 Å². The number of carbonyl (C=O) groups is 2. The zero-order valence-corrected chi connectivity index (χ0v) is 10.6. The van der Waals surface area contributed by atoms with E-state index in [1.165, 1.54) is 0 Å². The molecule has 0 amide bonds. The normalized spacial score (nSPS) is 26.3. The summed E-state index contributed by atoms with van der Waals surface area (Å²) in [7, 11) is 0. The first-order chi connectivity index (χ1) is 8.65. The minimum absolute atomic E-state index is 0.208. The summed E-state index contributed by atoms with van der Waals surface area (Å²) in [6.07, 6.45) is 2.56. The van der Waals surface area contributed by atoms with E-state index in [2.05, 4.69) is 0 Å². The van der Waals surface area contributed by atoms with Crippen LogP contribution in [0.4, 0.5) is 0 Å². The highest BCUT2D eigenvalue weighted by Gasteiger charge is 2.24. The zero-order chi connectivity index (χ0) is 13.4. The number of hydrogen-bond acceptors (Lipinski definition) is 5. The van der Waals surface area contributed by atoms with Gasteiger partial charge in [-0.05, 0) is 32.6 Å². The van der Waals surface area contributed by atoms with E-state index in [4.69, 9.17) is 19.3 Å². The lowest BCUT2D eigenvalue weighted by atomic mass is 10.2. The molecule has 2 aliphatic heterocycles. The number of esters is 1. The molecule has 2 heterocycles. The van der Waals surface area contributed by atoms with E-state index in [9.17, 15) is 9.59 Å². The highest BCUT2D eigenvalue weighted by molar-refractivity contribution is 5.74. The van der Waals surface area contributed by atoms with Gasteiger partial charge in [-0.1, -0.05) is 0 Å². The molecule has 2 rings (SSSR count). The van der Waals surface area contributed by atoms with E-state index >= 15 is 0 Å². The maximum Gasteiger partial charge on any atom is 0.335 e.